The van der Waals surface area contributed by atoms with Gasteiger partial charge in [-0.2, -0.15) is 0 Å². The number of hydrogen-bond acceptors (Lipinski definition) is 0. The second kappa shape index (κ2) is 2.34. The predicted octanol–water partition coefficient (Wildman–Crippen LogP) is 3.00. The van der Waals surface area contributed by atoms with Crippen molar-refractivity contribution in [2.45, 2.75) is 34.1 Å². The molecule has 0 spiro atoms. The van der Waals surface area contributed by atoms with Crippen LogP contribution in [0, 0.1) is 5.41 Å². The molecule has 0 heteroatoms. The first-order valence-corrected chi connectivity index (χ1v) is 3.16. The second-order valence-corrected chi connectivity index (χ2v) is 3.02. The predicted molar refractivity (Wildman–Crippen MR) is 38.9 cm³/mol. The van der Waals surface area contributed by atoms with E-state index in [-0.39, 0.29) is 0 Å². The summed E-state index contributed by atoms with van der Waals surface area (Å²) >= 11 is 0. The molecule has 0 nitrogen and oxygen atoms in total. The van der Waals surface area contributed by atoms with Crippen molar-refractivity contribution in [2.24, 2.45) is 5.41 Å². The van der Waals surface area contributed by atoms with Crippen LogP contribution in [-0.4, -0.2) is 0 Å². The topological polar surface area (TPSA) is 0 Å². The third kappa shape index (κ3) is 1.69. The van der Waals surface area contributed by atoms with Crippen molar-refractivity contribution in [3.63, 3.8) is 0 Å². The Morgan fingerprint density at radius 3 is 1.88 bits per heavy atom. The molecule has 0 aromatic heterocycles. The molecule has 0 rings (SSSR count). The summed E-state index contributed by atoms with van der Waals surface area (Å²) in [5, 5.41) is 0. The summed E-state index contributed by atoms with van der Waals surface area (Å²) < 4.78 is 0. The van der Waals surface area contributed by atoms with E-state index in [1.807, 2.05) is 0 Å². The minimum atomic E-state index is 0.347. The maximum absolute atomic E-state index is 3.90. The molecule has 0 heterocycles. The van der Waals surface area contributed by atoms with Crippen LogP contribution in [0.1, 0.15) is 34.1 Å². The summed E-state index contributed by atoms with van der Waals surface area (Å²) in [4.78, 5) is 0. The molecule has 0 aromatic rings. The van der Waals surface area contributed by atoms with Gasteiger partial charge in [0.1, 0.15) is 0 Å². The third-order valence-corrected chi connectivity index (χ3v) is 2.04. The molecule has 0 atom stereocenters. The largest absolute Gasteiger partial charge is 0.0996 e. The van der Waals surface area contributed by atoms with Crippen LogP contribution >= 0.6 is 0 Å². The average molecular weight is 112 g/mol. The summed E-state index contributed by atoms with van der Waals surface area (Å²) in [6.45, 7) is 12.6. The Bertz CT molecular complexity index is 88.2. The lowest BCUT2D eigenvalue weighted by Gasteiger charge is -2.22. The molecule has 0 aromatic carbocycles. The van der Waals surface area contributed by atoms with Crippen molar-refractivity contribution in [1.29, 1.82) is 0 Å². The van der Waals surface area contributed by atoms with Gasteiger partial charge in [0, 0.05) is 0 Å². The highest BCUT2D eigenvalue weighted by atomic mass is 14.2. The van der Waals surface area contributed by atoms with E-state index in [1.165, 1.54) is 12.0 Å². The highest BCUT2D eigenvalue weighted by Crippen LogP contribution is 2.27. The Balaban J connectivity index is 3.91. The van der Waals surface area contributed by atoms with Crippen molar-refractivity contribution >= 4 is 0 Å². The standard InChI is InChI=1S/C8H16/c1-6-8(4,5)7(2)3/h2,6H2,1,3-5H3. The molecule has 0 N–H and O–H groups in total. The van der Waals surface area contributed by atoms with Gasteiger partial charge in [-0.3, -0.25) is 0 Å². The van der Waals surface area contributed by atoms with Crippen LogP contribution in [0.15, 0.2) is 12.2 Å². The molecule has 0 aliphatic heterocycles. The first-order valence-electron chi connectivity index (χ1n) is 3.16. The fourth-order valence-corrected chi connectivity index (χ4v) is 0.302. The smallest absolute Gasteiger partial charge is 0.0153 e. The van der Waals surface area contributed by atoms with E-state index in [0.717, 1.165) is 0 Å². The van der Waals surface area contributed by atoms with Gasteiger partial charge in [0.2, 0.25) is 0 Å². The van der Waals surface area contributed by atoms with Crippen molar-refractivity contribution in [1.82, 2.24) is 0 Å². The molecule has 0 bridgehead atoms. The van der Waals surface area contributed by atoms with Gasteiger partial charge in [-0.15, -0.1) is 0 Å². The first kappa shape index (κ1) is 7.74. The SMILES string of the molecule is C=C(C)C(C)(C)CC. The minimum Gasteiger partial charge on any atom is -0.0996 e. The zero-order valence-corrected chi connectivity index (χ0v) is 6.41. The molecule has 0 aliphatic carbocycles. The maximum Gasteiger partial charge on any atom is -0.0153 e. The van der Waals surface area contributed by atoms with E-state index in [9.17, 15) is 0 Å². The Morgan fingerprint density at radius 2 is 1.88 bits per heavy atom. The van der Waals surface area contributed by atoms with E-state index in [1.54, 1.807) is 0 Å². The van der Waals surface area contributed by atoms with E-state index in [2.05, 4.69) is 34.3 Å². The van der Waals surface area contributed by atoms with Crippen LogP contribution in [0.5, 0.6) is 0 Å². The first-order chi connectivity index (χ1) is 3.50. The molecule has 48 valence electrons. The minimum absolute atomic E-state index is 0.347. The highest BCUT2D eigenvalue weighted by Gasteiger charge is 2.14. The summed E-state index contributed by atoms with van der Waals surface area (Å²) in [5.74, 6) is 0. The molecule has 0 aliphatic rings. The molecule has 0 amide bonds. The number of hydrogen-bond donors (Lipinski definition) is 0. The summed E-state index contributed by atoms with van der Waals surface area (Å²) in [7, 11) is 0. The second-order valence-electron chi connectivity index (χ2n) is 3.02. The summed E-state index contributed by atoms with van der Waals surface area (Å²) in [6, 6.07) is 0. The summed E-state index contributed by atoms with van der Waals surface area (Å²) in [6.07, 6.45) is 1.18. The lowest BCUT2D eigenvalue weighted by molar-refractivity contribution is 0.431. The lowest BCUT2D eigenvalue weighted by atomic mass is 9.84. The van der Waals surface area contributed by atoms with E-state index in [4.69, 9.17) is 0 Å². The van der Waals surface area contributed by atoms with Gasteiger partial charge in [0.05, 0.1) is 0 Å². The van der Waals surface area contributed by atoms with Gasteiger partial charge in [-0.25, -0.2) is 0 Å². The van der Waals surface area contributed by atoms with E-state index < -0.39 is 0 Å². The van der Waals surface area contributed by atoms with Gasteiger partial charge in [0.15, 0.2) is 0 Å². The normalized spacial score (nSPS) is 11.5. The lowest BCUT2D eigenvalue weighted by Crippen LogP contribution is -2.09. The fraction of sp³-hybridized carbons (Fsp3) is 0.750. The highest BCUT2D eigenvalue weighted by molar-refractivity contribution is 5.01. The molecule has 0 saturated heterocycles. The molecule has 0 radical (unpaired) electrons. The average Bonchev–Trinajstić information content (AvgIpc) is 1.67. The molecule has 0 saturated carbocycles. The van der Waals surface area contributed by atoms with Crippen LogP contribution in [0.2, 0.25) is 0 Å². The maximum atomic E-state index is 3.90. The van der Waals surface area contributed by atoms with Crippen LogP contribution in [0.25, 0.3) is 0 Å². The van der Waals surface area contributed by atoms with Crippen molar-refractivity contribution < 1.29 is 0 Å². The molecule has 0 fully saturated rings. The van der Waals surface area contributed by atoms with Crippen LogP contribution in [-0.2, 0) is 0 Å². The zero-order chi connectivity index (χ0) is 6.78. The molecule has 8 heavy (non-hydrogen) atoms. The van der Waals surface area contributed by atoms with Crippen molar-refractivity contribution in [2.75, 3.05) is 0 Å². The molecular weight excluding hydrogens is 96.1 g/mol. The van der Waals surface area contributed by atoms with Crippen molar-refractivity contribution in [3.05, 3.63) is 12.2 Å². The van der Waals surface area contributed by atoms with Gasteiger partial charge in [-0.05, 0) is 18.8 Å². The molecule has 0 unspecified atom stereocenters. The van der Waals surface area contributed by atoms with Crippen LogP contribution in [0.3, 0.4) is 0 Å². The van der Waals surface area contributed by atoms with E-state index in [0.29, 0.717) is 5.41 Å². The zero-order valence-electron chi connectivity index (χ0n) is 6.41. The Kier molecular flexibility index (Phi) is 2.26. The van der Waals surface area contributed by atoms with Gasteiger partial charge < -0.3 is 0 Å². The van der Waals surface area contributed by atoms with Gasteiger partial charge >= 0.3 is 0 Å². The monoisotopic (exact) mass is 112 g/mol. The van der Waals surface area contributed by atoms with Gasteiger partial charge in [0.25, 0.3) is 0 Å². The quantitative estimate of drug-likeness (QED) is 0.482. The number of rotatable bonds is 2. The molecular formula is C8H16. The Hall–Kier alpha value is -0.260. The Labute approximate surface area is 52.6 Å². The van der Waals surface area contributed by atoms with Gasteiger partial charge in [-0.1, -0.05) is 32.9 Å². The van der Waals surface area contributed by atoms with Crippen LogP contribution < -0.4 is 0 Å². The third-order valence-electron chi connectivity index (χ3n) is 2.04. The number of allylic oxidation sites excluding steroid dienone is 1. The van der Waals surface area contributed by atoms with E-state index >= 15 is 0 Å². The summed E-state index contributed by atoms with van der Waals surface area (Å²) in [5.41, 5.74) is 1.62. The van der Waals surface area contributed by atoms with Crippen LogP contribution in [0.4, 0.5) is 0 Å². The van der Waals surface area contributed by atoms with Crippen molar-refractivity contribution in [3.8, 4) is 0 Å². The fourth-order valence-electron chi connectivity index (χ4n) is 0.302. The Morgan fingerprint density at radius 1 is 1.50 bits per heavy atom.